The molecule has 1 aromatic rings. The van der Waals surface area contributed by atoms with Crippen molar-refractivity contribution in [1.82, 2.24) is 4.90 Å². The summed E-state index contributed by atoms with van der Waals surface area (Å²) >= 11 is 3.69. The van der Waals surface area contributed by atoms with Crippen molar-refractivity contribution in [2.45, 2.75) is 31.7 Å². The first-order chi connectivity index (χ1) is 7.70. The molecule has 2 heteroatoms. The Labute approximate surface area is 107 Å². The van der Waals surface area contributed by atoms with Gasteiger partial charge in [-0.25, -0.2) is 0 Å². The Morgan fingerprint density at radius 2 is 1.81 bits per heavy atom. The van der Waals surface area contributed by atoms with E-state index in [1.807, 2.05) is 0 Å². The van der Waals surface area contributed by atoms with Gasteiger partial charge in [-0.3, -0.25) is 0 Å². The van der Waals surface area contributed by atoms with Gasteiger partial charge in [-0.05, 0) is 44.5 Å². The average Bonchev–Trinajstić information content (AvgIpc) is 2.74. The maximum Gasteiger partial charge on any atom is 0.0381 e. The first-order valence-electron chi connectivity index (χ1n) is 6.11. The van der Waals surface area contributed by atoms with E-state index in [-0.39, 0.29) is 0 Å². The summed E-state index contributed by atoms with van der Waals surface area (Å²) in [7, 11) is 4.39. The minimum atomic E-state index is 0.568. The second kappa shape index (κ2) is 5.33. The van der Waals surface area contributed by atoms with Crippen molar-refractivity contribution in [3.05, 3.63) is 34.3 Å². The molecule has 0 radical (unpaired) electrons. The monoisotopic (exact) mass is 281 g/mol. The molecule has 0 heterocycles. The quantitative estimate of drug-likeness (QED) is 0.801. The van der Waals surface area contributed by atoms with E-state index in [1.165, 1.54) is 35.7 Å². The lowest BCUT2D eigenvalue weighted by Gasteiger charge is -2.31. The summed E-state index contributed by atoms with van der Waals surface area (Å²) in [5, 5.41) is 0. The van der Waals surface area contributed by atoms with Gasteiger partial charge >= 0.3 is 0 Å². The summed E-state index contributed by atoms with van der Waals surface area (Å²) in [5.41, 5.74) is 1.44. The maximum atomic E-state index is 3.69. The third-order valence-corrected chi connectivity index (χ3v) is 4.35. The first kappa shape index (κ1) is 12.1. The SMILES string of the molecule is CN(C)C(c1ccccc1Br)C1CCCC1. The minimum Gasteiger partial charge on any atom is -0.302 e. The molecule has 1 nitrogen and oxygen atoms in total. The highest BCUT2D eigenvalue weighted by Crippen LogP contribution is 2.40. The maximum absolute atomic E-state index is 3.69. The summed E-state index contributed by atoms with van der Waals surface area (Å²) in [6.45, 7) is 0. The molecule has 1 unspecified atom stereocenters. The van der Waals surface area contributed by atoms with Crippen LogP contribution in [-0.4, -0.2) is 19.0 Å². The molecule has 16 heavy (non-hydrogen) atoms. The fourth-order valence-electron chi connectivity index (χ4n) is 2.94. The van der Waals surface area contributed by atoms with Gasteiger partial charge in [0.1, 0.15) is 0 Å². The molecule has 2 rings (SSSR count). The zero-order valence-corrected chi connectivity index (χ0v) is 11.7. The number of hydrogen-bond acceptors (Lipinski definition) is 1. The number of halogens is 1. The van der Waals surface area contributed by atoms with E-state index in [4.69, 9.17) is 0 Å². The van der Waals surface area contributed by atoms with Crippen molar-refractivity contribution in [3.8, 4) is 0 Å². The zero-order chi connectivity index (χ0) is 11.5. The van der Waals surface area contributed by atoms with Crippen molar-refractivity contribution < 1.29 is 0 Å². The Kier molecular flexibility index (Phi) is 4.04. The zero-order valence-electron chi connectivity index (χ0n) is 10.1. The van der Waals surface area contributed by atoms with Gasteiger partial charge in [0.25, 0.3) is 0 Å². The van der Waals surface area contributed by atoms with Crippen LogP contribution in [0, 0.1) is 5.92 Å². The highest BCUT2D eigenvalue weighted by atomic mass is 79.9. The third kappa shape index (κ3) is 2.49. The summed E-state index contributed by atoms with van der Waals surface area (Å²) < 4.78 is 1.25. The van der Waals surface area contributed by atoms with Crippen molar-refractivity contribution in [2.75, 3.05) is 14.1 Å². The van der Waals surface area contributed by atoms with Gasteiger partial charge in [-0.15, -0.1) is 0 Å². The lowest BCUT2D eigenvalue weighted by Crippen LogP contribution is -2.26. The standard InChI is InChI=1S/C14H20BrN/c1-16(2)14(11-7-3-4-8-11)12-9-5-6-10-13(12)15/h5-6,9-11,14H,3-4,7-8H2,1-2H3. The fraction of sp³-hybridized carbons (Fsp3) is 0.571. The van der Waals surface area contributed by atoms with Crippen LogP contribution >= 0.6 is 15.9 Å². The molecule has 0 spiro atoms. The first-order valence-corrected chi connectivity index (χ1v) is 6.90. The average molecular weight is 282 g/mol. The molecule has 1 fully saturated rings. The Bertz CT molecular complexity index is 342. The predicted molar refractivity (Wildman–Crippen MR) is 72.5 cm³/mol. The molecule has 0 aromatic heterocycles. The van der Waals surface area contributed by atoms with Crippen LogP contribution in [0.5, 0.6) is 0 Å². The molecule has 0 amide bonds. The molecule has 1 aliphatic carbocycles. The minimum absolute atomic E-state index is 0.568. The Hall–Kier alpha value is -0.340. The second-order valence-corrected chi connectivity index (χ2v) is 5.83. The molecular weight excluding hydrogens is 262 g/mol. The third-order valence-electron chi connectivity index (χ3n) is 3.63. The molecule has 1 atom stereocenters. The summed E-state index contributed by atoms with van der Waals surface area (Å²) in [4.78, 5) is 2.37. The van der Waals surface area contributed by atoms with Crippen LogP contribution < -0.4 is 0 Å². The van der Waals surface area contributed by atoms with Crippen LogP contribution in [0.1, 0.15) is 37.3 Å². The van der Waals surface area contributed by atoms with Crippen LogP contribution in [0.4, 0.5) is 0 Å². The molecular formula is C14H20BrN. The number of rotatable bonds is 3. The predicted octanol–water partition coefficient (Wildman–Crippen LogP) is 4.24. The Morgan fingerprint density at radius 1 is 1.19 bits per heavy atom. The van der Waals surface area contributed by atoms with Gasteiger partial charge in [-0.1, -0.05) is 47.0 Å². The van der Waals surface area contributed by atoms with E-state index in [0.717, 1.165) is 5.92 Å². The van der Waals surface area contributed by atoms with E-state index < -0.39 is 0 Å². The van der Waals surface area contributed by atoms with Gasteiger partial charge in [0.2, 0.25) is 0 Å². The molecule has 88 valence electrons. The number of hydrogen-bond donors (Lipinski definition) is 0. The van der Waals surface area contributed by atoms with E-state index in [2.05, 4.69) is 59.2 Å². The number of nitrogens with zero attached hydrogens (tertiary/aromatic N) is 1. The molecule has 1 aromatic carbocycles. The second-order valence-electron chi connectivity index (χ2n) is 4.97. The molecule has 0 saturated heterocycles. The fourth-order valence-corrected chi connectivity index (χ4v) is 3.46. The Morgan fingerprint density at radius 3 is 2.38 bits per heavy atom. The van der Waals surface area contributed by atoms with Crippen LogP contribution in [0.15, 0.2) is 28.7 Å². The highest BCUT2D eigenvalue weighted by Gasteiger charge is 2.28. The van der Waals surface area contributed by atoms with Crippen LogP contribution in [0.2, 0.25) is 0 Å². The summed E-state index contributed by atoms with van der Waals surface area (Å²) in [5.74, 6) is 0.827. The van der Waals surface area contributed by atoms with Crippen LogP contribution in [0.25, 0.3) is 0 Å². The van der Waals surface area contributed by atoms with Gasteiger partial charge in [-0.2, -0.15) is 0 Å². The molecule has 0 N–H and O–H groups in total. The van der Waals surface area contributed by atoms with E-state index in [0.29, 0.717) is 6.04 Å². The van der Waals surface area contributed by atoms with Gasteiger partial charge in [0.15, 0.2) is 0 Å². The lowest BCUT2D eigenvalue weighted by molar-refractivity contribution is 0.213. The largest absolute Gasteiger partial charge is 0.302 e. The topological polar surface area (TPSA) is 3.24 Å². The van der Waals surface area contributed by atoms with Crippen molar-refractivity contribution in [1.29, 1.82) is 0 Å². The smallest absolute Gasteiger partial charge is 0.0381 e. The van der Waals surface area contributed by atoms with Crippen molar-refractivity contribution >= 4 is 15.9 Å². The lowest BCUT2D eigenvalue weighted by atomic mass is 9.91. The van der Waals surface area contributed by atoms with Crippen LogP contribution in [0.3, 0.4) is 0 Å². The molecule has 0 aliphatic heterocycles. The van der Waals surface area contributed by atoms with Gasteiger partial charge < -0.3 is 4.90 Å². The summed E-state index contributed by atoms with van der Waals surface area (Å²) in [6, 6.07) is 9.21. The Balaban J connectivity index is 2.28. The van der Waals surface area contributed by atoms with Gasteiger partial charge in [0, 0.05) is 10.5 Å². The molecule has 1 saturated carbocycles. The number of benzene rings is 1. The van der Waals surface area contributed by atoms with E-state index >= 15 is 0 Å². The molecule has 0 bridgehead atoms. The van der Waals surface area contributed by atoms with E-state index in [1.54, 1.807) is 0 Å². The molecule has 1 aliphatic rings. The van der Waals surface area contributed by atoms with E-state index in [9.17, 15) is 0 Å². The highest BCUT2D eigenvalue weighted by molar-refractivity contribution is 9.10. The van der Waals surface area contributed by atoms with Crippen molar-refractivity contribution in [3.63, 3.8) is 0 Å². The normalized spacial score (nSPS) is 19.2. The summed E-state index contributed by atoms with van der Waals surface area (Å²) in [6.07, 6.45) is 5.56. The van der Waals surface area contributed by atoms with Gasteiger partial charge in [0.05, 0.1) is 0 Å². The van der Waals surface area contributed by atoms with Crippen LogP contribution in [-0.2, 0) is 0 Å². The van der Waals surface area contributed by atoms with Crippen molar-refractivity contribution in [2.24, 2.45) is 5.92 Å².